The maximum absolute atomic E-state index is 13.7. The number of sulfonamides is 1. The Bertz CT molecular complexity index is 2480. The fourth-order valence-electron chi connectivity index (χ4n) is 8.69. The van der Waals surface area contributed by atoms with Crippen molar-refractivity contribution < 1.29 is 32.1 Å². The van der Waals surface area contributed by atoms with E-state index in [4.69, 9.17) is 9.26 Å². The van der Waals surface area contributed by atoms with Crippen molar-refractivity contribution in [2.45, 2.75) is 62.2 Å². The van der Waals surface area contributed by atoms with Gasteiger partial charge in [-0.25, -0.2) is 8.42 Å². The highest BCUT2D eigenvalue weighted by molar-refractivity contribution is 7.92. The topological polar surface area (TPSA) is 184 Å². The molecule has 3 fully saturated rings. The van der Waals surface area contributed by atoms with Crippen LogP contribution in [0.1, 0.15) is 53.6 Å². The normalized spacial score (nSPS) is 20.2. The first-order valence-electron chi connectivity index (χ1n) is 19.7. The Labute approximate surface area is 335 Å². The van der Waals surface area contributed by atoms with Crippen molar-refractivity contribution >= 4 is 55.9 Å². The van der Waals surface area contributed by atoms with Gasteiger partial charge in [0.25, 0.3) is 15.9 Å². The average Bonchev–Trinajstić information content (AvgIpc) is 4.05. The van der Waals surface area contributed by atoms with Crippen molar-refractivity contribution in [3.05, 3.63) is 89.7 Å². The number of ether oxygens (including phenoxy) is 1. The van der Waals surface area contributed by atoms with E-state index >= 15 is 0 Å². The Balaban J connectivity index is 0.770. The first kappa shape index (κ1) is 37.6. The highest BCUT2D eigenvalue weighted by atomic mass is 32.2. The van der Waals surface area contributed by atoms with Gasteiger partial charge in [-0.1, -0.05) is 11.2 Å². The van der Waals surface area contributed by atoms with E-state index in [1.54, 1.807) is 40.0 Å². The van der Waals surface area contributed by atoms with Gasteiger partial charge in [0.1, 0.15) is 17.2 Å². The number of carbonyl (C=O) groups excluding carboxylic acids is 3. The van der Waals surface area contributed by atoms with Crippen LogP contribution in [0.3, 0.4) is 0 Å². The van der Waals surface area contributed by atoms with E-state index in [1.165, 1.54) is 7.11 Å². The monoisotopic (exact) mass is 807 g/mol. The molecular weight excluding hydrogens is 763 g/mol. The van der Waals surface area contributed by atoms with Gasteiger partial charge in [0.2, 0.25) is 11.8 Å². The van der Waals surface area contributed by atoms with Crippen LogP contribution in [0, 0.1) is 5.92 Å². The van der Waals surface area contributed by atoms with Crippen molar-refractivity contribution in [1.82, 2.24) is 30.5 Å². The number of anilines is 3. The van der Waals surface area contributed by atoms with Crippen LogP contribution in [-0.4, -0.2) is 97.9 Å². The number of fused-ring (bicyclic) bond motifs is 2. The number of carbonyl (C=O) groups is 3. The number of aromatic nitrogens is 3. The summed E-state index contributed by atoms with van der Waals surface area (Å²) in [5.74, 6) is 0.128. The molecule has 2 aromatic heterocycles. The van der Waals surface area contributed by atoms with Gasteiger partial charge in [-0.15, -0.1) is 0 Å². The highest BCUT2D eigenvalue weighted by Gasteiger charge is 2.39. The van der Waals surface area contributed by atoms with E-state index in [-0.39, 0.29) is 28.9 Å². The standard InChI is InChI=1S/C41H45N9O7S/c1-56-35-18-27(24-49-14-3-13-43-49)19-36-38(35)39(45-57-36)46-58(54,55)32-5-2-4-30(21-32)47-16-11-29(12-17-47)42-22-26-10-15-48(23-26)31-6-7-33-28(20-31)25-50(41(33)53)34-8-9-37(51)44-40(34)52/h2-7,13-14,18-21,26,29,34,42H,8-12,15-17,22-25H2,1H3,(H,45,46)(H,44,51,52)/t26-,34-/m0/s1. The second-order valence-electron chi connectivity index (χ2n) is 15.5. The Morgan fingerprint density at radius 1 is 0.948 bits per heavy atom. The maximum Gasteiger partial charge on any atom is 0.263 e. The molecule has 6 heterocycles. The van der Waals surface area contributed by atoms with Gasteiger partial charge in [0.15, 0.2) is 11.4 Å². The molecule has 0 aliphatic carbocycles. The summed E-state index contributed by atoms with van der Waals surface area (Å²) < 4.78 is 42.9. The second kappa shape index (κ2) is 15.4. The number of nitrogens with one attached hydrogen (secondary N) is 3. The average molecular weight is 808 g/mol. The third kappa shape index (κ3) is 7.46. The third-order valence-corrected chi connectivity index (χ3v) is 13.1. The maximum atomic E-state index is 13.7. The van der Waals surface area contributed by atoms with Gasteiger partial charge in [0.05, 0.1) is 18.6 Å². The molecule has 3 N–H and O–H groups in total. The minimum Gasteiger partial charge on any atom is -0.496 e. The Hall–Kier alpha value is -5.94. The molecule has 4 aliphatic heterocycles. The molecule has 5 aromatic rings. The first-order chi connectivity index (χ1) is 28.1. The van der Waals surface area contributed by atoms with Crippen LogP contribution in [0.4, 0.5) is 17.2 Å². The van der Waals surface area contributed by atoms with Crippen molar-refractivity contribution in [1.29, 1.82) is 0 Å². The zero-order valence-electron chi connectivity index (χ0n) is 32.1. The van der Waals surface area contributed by atoms with Crippen LogP contribution in [0.5, 0.6) is 5.75 Å². The molecule has 58 heavy (non-hydrogen) atoms. The van der Waals surface area contributed by atoms with E-state index in [1.807, 2.05) is 36.5 Å². The van der Waals surface area contributed by atoms with Crippen LogP contribution < -0.4 is 29.9 Å². The number of hydrogen-bond donors (Lipinski definition) is 3. The summed E-state index contributed by atoms with van der Waals surface area (Å²) in [6, 6.07) is 18.1. The van der Waals surface area contributed by atoms with Crippen molar-refractivity contribution in [2.75, 3.05) is 54.4 Å². The molecule has 3 amide bonds. The van der Waals surface area contributed by atoms with Crippen LogP contribution in [0.25, 0.3) is 11.0 Å². The fourth-order valence-corrected chi connectivity index (χ4v) is 9.74. The molecule has 3 saturated heterocycles. The van der Waals surface area contributed by atoms with Gasteiger partial charge in [-0.05, 0) is 104 Å². The quantitative estimate of drug-likeness (QED) is 0.156. The predicted molar refractivity (Wildman–Crippen MR) is 215 cm³/mol. The molecule has 2 atom stereocenters. The van der Waals surface area contributed by atoms with E-state index in [2.05, 4.69) is 41.5 Å². The number of rotatable bonds is 12. The molecule has 0 spiro atoms. The molecule has 4 aliphatic rings. The smallest absolute Gasteiger partial charge is 0.263 e. The number of piperidine rings is 2. The third-order valence-electron chi connectivity index (χ3n) is 11.8. The molecular formula is C41H45N9O7S. The van der Waals surface area contributed by atoms with E-state index in [0.717, 1.165) is 74.5 Å². The summed E-state index contributed by atoms with van der Waals surface area (Å²) in [6.07, 6.45) is 7.06. The summed E-state index contributed by atoms with van der Waals surface area (Å²) in [5.41, 5.74) is 4.73. The molecule has 0 unspecified atom stereocenters. The minimum absolute atomic E-state index is 0.0577. The van der Waals surface area contributed by atoms with Gasteiger partial charge in [-0.3, -0.25) is 29.1 Å². The molecule has 3 aromatic carbocycles. The lowest BCUT2D eigenvalue weighted by molar-refractivity contribution is -0.136. The molecule has 9 rings (SSSR count). The molecule has 0 bridgehead atoms. The van der Waals surface area contributed by atoms with E-state index in [0.29, 0.717) is 53.8 Å². The SMILES string of the molecule is COc1cc(Cn2cccn2)cc2onc(NS(=O)(=O)c3cccc(N4CCC(NC[C@@H]5CCN(c6ccc7c(c6)CN([C@H]6CCC(=O)NC6=O)C7=O)C5)CC4)c3)c12. The van der Waals surface area contributed by atoms with Gasteiger partial charge in [-0.2, -0.15) is 5.10 Å². The Morgan fingerprint density at radius 2 is 1.78 bits per heavy atom. The number of imide groups is 1. The fraction of sp³-hybridized carbons (Fsp3) is 0.390. The van der Waals surface area contributed by atoms with Gasteiger partial charge in [0, 0.05) is 74.5 Å². The predicted octanol–water partition coefficient (Wildman–Crippen LogP) is 3.73. The highest BCUT2D eigenvalue weighted by Crippen LogP contribution is 2.36. The summed E-state index contributed by atoms with van der Waals surface area (Å²) in [6.45, 7) is 5.18. The summed E-state index contributed by atoms with van der Waals surface area (Å²) in [5, 5.41) is 14.9. The van der Waals surface area contributed by atoms with Crippen molar-refractivity contribution in [3.8, 4) is 5.75 Å². The molecule has 16 nitrogen and oxygen atoms in total. The van der Waals surface area contributed by atoms with Crippen molar-refractivity contribution in [2.24, 2.45) is 5.92 Å². The molecule has 0 saturated carbocycles. The molecule has 0 radical (unpaired) electrons. The number of amides is 3. The number of benzene rings is 3. The Morgan fingerprint density at radius 3 is 2.57 bits per heavy atom. The van der Waals surface area contributed by atoms with Crippen LogP contribution >= 0.6 is 0 Å². The lowest BCUT2D eigenvalue weighted by Crippen LogP contribution is -2.52. The number of nitrogens with zero attached hydrogens (tertiary/aromatic N) is 6. The van der Waals surface area contributed by atoms with Gasteiger partial charge >= 0.3 is 0 Å². The van der Waals surface area contributed by atoms with E-state index in [9.17, 15) is 22.8 Å². The van der Waals surface area contributed by atoms with Crippen LogP contribution in [0.2, 0.25) is 0 Å². The van der Waals surface area contributed by atoms with E-state index < -0.39 is 22.0 Å². The summed E-state index contributed by atoms with van der Waals surface area (Å²) in [7, 11) is -2.49. The zero-order valence-corrected chi connectivity index (χ0v) is 32.9. The molecule has 17 heteroatoms. The lowest BCUT2D eigenvalue weighted by Gasteiger charge is -2.34. The molecule has 302 valence electrons. The summed E-state index contributed by atoms with van der Waals surface area (Å²) >= 11 is 0. The van der Waals surface area contributed by atoms with Crippen LogP contribution in [-0.2, 0) is 32.7 Å². The largest absolute Gasteiger partial charge is 0.496 e. The number of methoxy groups -OCH3 is 1. The van der Waals surface area contributed by atoms with Gasteiger partial charge < -0.3 is 29.3 Å². The zero-order chi connectivity index (χ0) is 40.0. The first-order valence-corrected chi connectivity index (χ1v) is 21.2. The van der Waals surface area contributed by atoms with Crippen LogP contribution in [0.15, 0.2) is 82.5 Å². The Kier molecular flexibility index (Phi) is 10.0. The summed E-state index contributed by atoms with van der Waals surface area (Å²) in [4.78, 5) is 43.5. The van der Waals surface area contributed by atoms with Crippen molar-refractivity contribution in [3.63, 3.8) is 0 Å². The number of hydrogen-bond acceptors (Lipinski definition) is 12. The minimum atomic E-state index is -4.01. The second-order valence-corrected chi connectivity index (χ2v) is 17.2. The lowest BCUT2D eigenvalue weighted by atomic mass is 10.0.